The number of nitrogens with one attached hydrogen (secondary N) is 1. The number of fused-ring (bicyclic) bond motifs is 2. The molecule has 0 radical (unpaired) electrons. The zero-order valence-corrected chi connectivity index (χ0v) is 10.2. The molecule has 2 heteroatoms. The standard InChI is InChI=1S/C13H23NO/c1-9-4-11-6-12(5-9)8-13(3,7-11)14-10(2)15/h9,11-12H,4-8H2,1-3H3,(H,14,15). The highest BCUT2D eigenvalue weighted by molar-refractivity contribution is 5.73. The largest absolute Gasteiger partial charge is 0.351 e. The van der Waals surface area contributed by atoms with Crippen LogP contribution in [0.25, 0.3) is 0 Å². The van der Waals surface area contributed by atoms with Crippen molar-refractivity contribution in [2.75, 3.05) is 0 Å². The number of carbonyl (C=O) groups excluding carboxylic acids is 1. The van der Waals surface area contributed by atoms with Crippen molar-refractivity contribution in [1.29, 1.82) is 0 Å². The van der Waals surface area contributed by atoms with Gasteiger partial charge in [0, 0.05) is 12.5 Å². The number of carbonyl (C=O) groups is 1. The number of hydrogen-bond acceptors (Lipinski definition) is 1. The van der Waals surface area contributed by atoms with Crippen LogP contribution in [-0.2, 0) is 4.79 Å². The first-order chi connectivity index (χ1) is 6.97. The van der Waals surface area contributed by atoms with Crippen LogP contribution in [-0.4, -0.2) is 11.4 Å². The van der Waals surface area contributed by atoms with E-state index in [0.717, 1.165) is 17.8 Å². The Morgan fingerprint density at radius 2 is 1.73 bits per heavy atom. The molecule has 2 nitrogen and oxygen atoms in total. The van der Waals surface area contributed by atoms with Gasteiger partial charge >= 0.3 is 0 Å². The third kappa shape index (κ3) is 2.53. The molecule has 0 saturated heterocycles. The molecule has 15 heavy (non-hydrogen) atoms. The molecule has 2 aliphatic carbocycles. The average Bonchev–Trinajstić information content (AvgIpc) is 1.96. The number of rotatable bonds is 1. The van der Waals surface area contributed by atoms with Gasteiger partial charge in [0.2, 0.25) is 5.91 Å². The maximum Gasteiger partial charge on any atom is 0.217 e. The lowest BCUT2D eigenvalue weighted by Gasteiger charge is -2.47. The van der Waals surface area contributed by atoms with Gasteiger partial charge in [-0.05, 0) is 56.8 Å². The van der Waals surface area contributed by atoms with E-state index in [1.165, 1.54) is 32.1 Å². The van der Waals surface area contributed by atoms with Gasteiger partial charge in [-0.25, -0.2) is 0 Å². The van der Waals surface area contributed by atoms with E-state index in [1.54, 1.807) is 6.92 Å². The highest BCUT2D eigenvalue weighted by Crippen LogP contribution is 2.46. The lowest BCUT2D eigenvalue weighted by Crippen LogP contribution is -2.51. The van der Waals surface area contributed by atoms with Crippen molar-refractivity contribution in [3.05, 3.63) is 0 Å². The Hall–Kier alpha value is -0.530. The number of hydrogen-bond donors (Lipinski definition) is 1. The van der Waals surface area contributed by atoms with Gasteiger partial charge in [0.1, 0.15) is 0 Å². The van der Waals surface area contributed by atoms with E-state index in [9.17, 15) is 4.79 Å². The second-order valence-corrected chi connectivity index (χ2v) is 6.19. The molecule has 2 aliphatic rings. The Balaban J connectivity index is 2.03. The highest BCUT2D eigenvalue weighted by atomic mass is 16.1. The summed E-state index contributed by atoms with van der Waals surface area (Å²) in [6.45, 7) is 6.24. The first-order valence-corrected chi connectivity index (χ1v) is 6.25. The quantitative estimate of drug-likeness (QED) is 0.707. The fraction of sp³-hybridized carbons (Fsp3) is 0.923. The van der Waals surface area contributed by atoms with Crippen molar-refractivity contribution in [2.24, 2.45) is 17.8 Å². The third-order valence-corrected chi connectivity index (χ3v) is 4.09. The van der Waals surface area contributed by atoms with Crippen LogP contribution in [0.5, 0.6) is 0 Å². The molecule has 2 bridgehead atoms. The first-order valence-electron chi connectivity index (χ1n) is 6.25. The maximum atomic E-state index is 11.2. The van der Waals surface area contributed by atoms with E-state index >= 15 is 0 Å². The molecule has 2 saturated carbocycles. The van der Waals surface area contributed by atoms with E-state index in [2.05, 4.69) is 19.2 Å². The summed E-state index contributed by atoms with van der Waals surface area (Å²) in [5.41, 5.74) is 0.0829. The summed E-state index contributed by atoms with van der Waals surface area (Å²) in [5.74, 6) is 2.73. The third-order valence-electron chi connectivity index (χ3n) is 4.09. The lowest BCUT2D eigenvalue weighted by atomic mass is 9.62. The van der Waals surface area contributed by atoms with Crippen LogP contribution in [0.15, 0.2) is 0 Å². The summed E-state index contributed by atoms with van der Waals surface area (Å²) in [5, 5.41) is 3.16. The summed E-state index contributed by atoms with van der Waals surface area (Å²) in [4.78, 5) is 11.2. The van der Waals surface area contributed by atoms with Gasteiger partial charge in [0.05, 0.1) is 0 Å². The molecule has 0 aromatic rings. The van der Waals surface area contributed by atoms with Crippen LogP contribution >= 0.6 is 0 Å². The van der Waals surface area contributed by atoms with Gasteiger partial charge in [0.15, 0.2) is 0 Å². The van der Waals surface area contributed by atoms with Gasteiger partial charge in [-0.15, -0.1) is 0 Å². The molecule has 2 atom stereocenters. The molecule has 0 aromatic carbocycles. The van der Waals surface area contributed by atoms with Gasteiger partial charge in [-0.2, -0.15) is 0 Å². The van der Waals surface area contributed by atoms with E-state index in [-0.39, 0.29) is 11.4 Å². The lowest BCUT2D eigenvalue weighted by molar-refractivity contribution is -0.121. The normalized spacial score (nSPS) is 44.9. The van der Waals surface area contributed by atoms with Crippen LogP contribution in [0.2, 0.25) is 0 Å². The van der Waals surface area contributed by atoms with Crippen LogP contribution in [0.4, 0.5) is 0 Å². The molecule has 0 heterocycles. The zero-order chi connectivity index (χ0) is 11.1. The molecule has 0 spiro atoms. The van der Waals surface area contributed by atoms with Crippen LogP contribution in [0.1, 0.15) is 52.9 Å². The second kappa shape index (κ2) is 3.80. The Labute approximate surface area is 92.8 Å². The fourth-order valence-corrected chi connectivity index (χ4v) is 4.12. The summed E-state index contributed by atoms with van der Waals surface area (Å²) >= 11 is 0. The summed E-state index contributed by atoms with van der Waals surface area (Å²) < 4.78 is 0. The van der Waals surface area contributed by atoms with Crippen molar-refractivity contribution in [3.63, 3.8) is 0 Å². The van der Waals surface area contributed by atoms with Gasteiger partial charge in [0.25, 0.3) is 0 Å². The Morgan fingerprint density at radius 3 is 2.20 bits per heavy atom. The average molecular weight is 209 g/mol. The molecule has 0 aromatic heterocycles. The second-order valence-electron chi connectivity index (χ2n) is 6.19. The molecule has 2 fully saturated rings. The molecule has 2 unspecified atom stereocenters. The van der Waals surface area contributed by atoms with Crippen LogP contribution in [0, 0.1) is 17.8 Å². The maximum absolute atomic E-state index is 11.2. The van der Waals surface area contributed by atoms with Crippen LogP contribution < -0.4 is 5.32 Å². The molecular weight excluding hydrogens is 186 g/mol. The van der Waals surface area contributed by atoms with Crippen molar-refractivity contribution in [3.8, 4) is 0 Å². The predicted molar refractivity (Wildman–Crippen MR) is 61.5 cm³/mol. The van der Waals surface area contributed by atoms with Gasteiger partial charge in [-0.3, -0.25) is 4.79 Å². The van der Waals surface area contributed by atoms with E-state index in [4.69, 9.17) is 0 Å². The SMILES string of the molecule is CC(=O)NC1(C)CC2CC(C)CC(C2)C1. The van der Waals surface area contributed by atoms with Crippen molar-refractivity contribution in [1.82, 2.24) is 5.32 Å². The summed E-state index contributed by atoms with van der Waals surface area (Å²) in [6, 6.07) is 0. The molecule has 86 valence electrons. The van der Waals surface area contributed by atoms with E-state index in [1.807, 2.05) is 0 Å². The van der Waals surface area contributed by atoms with Crippen LogP contribution in [0.3, 0.4) is 0 Å². The van der Waals surface area contributed by atoms with Gasteiger partial charge in [-0.1, -0.05) is 6.92 Å². The fourth-order valence-electron chi connectivity index (χ4n) is 4.12. The highest BCUT2D eigenvalue weighted by Gasteiger charge is 2.41. The monoisotopic (exact) mass is 209 g/mol. The van der Waals surface area contributed by atoms with E-state index < -0.39 is 0 Å². The van der Waals surface area contributed by atoms with Crippen molar-refractivity contribution >= 4 is 5.91 Å². The van der Waals surface area contributed by atoms with Gasteiger partial charge < -0.3 is 5.32 Å². The molecule has 1 amide bonds. The molecule has 2 rings (SSSR count). The molecule has 1 N–H and O–H groups in total. The van der Waals surface area contributed by atoms with Crippen molar-refractivity contribution in [2.45, 2.75) is 58.4 Å². The minimum absolute atomic E-state index is 0.0829. The Bertz CT molecular complexity index is 243. The molecule has 0 aliphatic heterocycles. The minimum Gasteiger partial charge on any atom is -0.351 e. The summed E-state index contributed by atoms with van der Waals surface area (Å²) in [6.07, 6.45) is 6.51. The number of amides is 1. The topological polar surface area (TPSA) is 29.1 Å². The summed E-state index contributed by atoms with van der Waals surface area (Å²) in [7, 11) is 0. The Kier molecular flexibility index (Phi) is 2.78. The Morgan fingerprint density at radius 1 is 1.20 bits per heavy atom. The predicted octanol–water partition coefficient (Wildman–Crippen LogP) is 2.73. The smallest absolute Gasteiger partial charge is 0.217 e. The zero-order valence-electron chi connectivity index (χ0n) is 10.2. The van der Waals surface area contributed by atoms with Crippen molar-refractivity contribution < 1.29 is 4.79 Å². The minimum atomic E-state index is 0.0829. The van der Waals surface area contributed by atoms with E-state index in [0.29, 0.717) is 0 Å². The molecular formula is C13H23NO. The first kappa shape index (κ1) is 11.0.